The first-order valence-corrected chi connectivity index (χ1v) is 19.1. The van der Waals surface area contributed by atoms with Crippen LogP contribution < -0.4 is 5.32 Å². The van der Waals surface area contributed by atoms with Crippen molar-refractivity contribution in [1.29, 1.82) is 0 Å². The third-order valence-corrected chi connectivity index (χ3v) is 11.0. The molecule has 0 bridgehead atoms. The Hall–Kier alpha value is -7.43. The molecule has 10 aromatic rings. The SMILES string of the molecule is C1=C(c2ccccc2)N=C(c2ccc3c(c2)oc2cc(-n4c5ccc(-c6ccccc6)cc5c5cc(-c6ccccc6)ccc54)ccc23)NC1c1ccccc1. The van der Waals surface area contributed by atoms with Crippen molar-refractivity contribution in [3.63, 3.8) is 0 Å². The summed E-state index contributed by atoms with van der Waals surface area (Å²) in [7, 11) is 0. The average Bonchev–Trinajstić information content (AvgIpc) is 3.81. The molecule has 1 atom stereocenters. The van der Waals surface area contributed by atoms with Crippen LogP contribution >= 0.6 is 0 Å². The number of aliphatic imine (C=N–C) groups is 1. The Kier molecular flexibility index (Phi) is 7.52. The van der Waals surface area contributed by atoms with Crippen LogP contribution in [-0.4, -0.2) is 10.4 Å². The van der Waals surface area contributed by atoms with Crippen LogP contribution in [0.5, 0.6) is 0 Å². The third-order valence-electron chi connectivity index (χ3n) is 11.0. The van der Waals surface area contributed by atoms with Gasteiger partial charge in [0.1, 0.15) is 17.0 Å². The Bertz CT molecular complexity index is 3040. The van der Waals surface area contributed by atoms with Crippen molar-refractivity contribution in [3.8, 4) is 27.9 Å². The molecule has 1 unspecified atom stereocenters. The maximum atomic E-state index is 6.71. The maximum Gasteiger partial charge on any atom is 0.137 e. The quantitative estimate of drug-likeness (QED) is 0.186. The smallest absolute Gasteiger partial charge is 0.137 e. The van der Waals surface area contributed by atoms with E-state index in [2.05, 4.69) is 204 Å². The van der Waals surface area contributed by atoms with Crippen LogP contribution in [0.15, 0.2) is 210 Å². The second-order valence-corrected chi connectivity index (χ2v) is 14.4. The lowest BCUT2D eigenvalue weighted by Gasteiger charge is -2.24. The molecule has 1 N–H and O–H groups in total. The standard InChI is InChI=1S/C52H35N3O/c1-5-13-34(14-6-1)38-22-27-48-44(29-38)45-30-39(35-15-7-2-8-16-35)23-28-49(45)55(48)41-24-26-43-42-25-21-40(31-50(42)56-51(43)32-41)52-53-46(36-17-9-3-10-18-36)33-47(54-52)37-19-11-4-12-20-37/h1-33,46H,(H,53,54). The van der Waals surface area contributed by atoms with Crippen LogP contribution in [0.1, 0.15) is 22.7 Å². The molecule has 0 radical (unpaired) electrons. The number of amidine groups is 1. The molecule has 2 aromatic heterocycles. The molecule has 0 amide bonds. The maximum absolute atomic E-state index is 6.71. The minimum atomic E-state index is -0.0217. The third kappa shape index (κ3) is 5.50. The van der Waals surface area contributed by atoms with Crippen molar-refractivity contribution in [2.75, 3.05) is 0 Å². The molecular weight excluding hydrogens is 683 g/mol. The van der Waals surface area contributed by atoms with Gasteiger partial charge < -0.3 is 14.3 Å². The lowest BCUT2D eigenvalue weighted by Crippen LogP contribution is -2.31. The molecule has 3 heterocycles. The van der Waals surface area contributed by atoms with Crippen molar-refractivity contribution < 1.29 is 4.42 Å². The topological polar surface area (TPSA) is 42.5 Å². The van der Waals surface area contributed by atoms with Gasteiger partial charge >= 0.3 is 0 Å². The molecule has 0 saturated heterocycles. The number of aromatic nitrogens is 1. The highest BCUT2D eigenvalue weighted by Crippen LogP contribution is 2.39. The number of nitrogens with one attached hydrogen (secondary N) is 1. The summed E-state index contributed by atoms with van der Waals surface area (Å²) >= 11 is 0. The fourth-order valence-electron chi connectivity index (χ4n) is 8.27. The first-order valence-electron chi connectivity index (χ1n) is 19.1. The Labute approximate surface area is 324 Å². The highest BCUT2D eigenvalue weighted by atomic mass is 16.3. The van der Waals surface area contributed by atoms with E-state index in [0.717, 1.165) is 61.3 Å². The van der Waals surface area contributed by atoms with Gasteiger partial charge in [0.15, 0.2) is 0 Å². The number of nitrogens with zero attached hydrogens (tertiary/aromatic N) is 2. The zero-order valence-corrected chi connectivity index (χ0v) is 30.4. The molecule has 11 rings (SSSR count). The van der Waals surface area contributed by atoms with Crippen LogP contribution in [0.2, 0.25) is 0 Å². The predicted molar refractivity (Wildman–Crippen MR) is 232 cm³/mol. The Morgan fingerprint density at radius 3 is 1.55 bits per heavy atom. The van der Waals surface area contributed by atoms with Crippen LogP contribution in [0, 0.1) is 0 Å². The molecule has 4 heteroatoms. The number of rotatable bonds is 6. The zero-order valence-electron chi connectivity index (χ0n) is 30.4. The van der Waals surface area contributed by atoms with E-state index in [9.17, 15) is 0 Å². The molecule has 1 aliphatic rings. The zero-order chi connectivity index (χ0) is 37.0. The fraction of sp³-hybridized carbons (Fsp3) is 0.0192. The molecule has 8 aromatic carbocycles. The van der Waals surface area contributed by atoms with Gasteiger partial charge in [0.25, 0.3) is 0 Å². The number of fused-ring (bicyclic) bond motifs is 6. The van der Waals surface area contributed by atoms with E-state index in [4.69, 9.17) is 9.41 Å². The second kappa shape index (κ2) is 13.2. The number of hydrogen-bond donors (Lipinski definition) is 1. The molecule has 1 aliphatic heterocycles. The van der Waals surface area contributed by atoms with E-state index in [0.29, 0.717) is 0 Å². The Morgan fingerprint density at radius 1 is 0.429 bits per heavy atom. The molecule has 0 aliphatic carbocycles. The van der Waals surface area contributed by atoms with Crippen LogP contribution in [0.4, 0.5) is 0 Å². The van der Waals surface area contributed by atoms with E-state index in [1.807, 2.05) is 6.07 Å². The van der Waals surface area contributed by atoms with Gasteiger partial charge in [0.2, 0.25) is 0 Å². The summed E-state index contributed by atoms with van der Waals surface area (Å²) in [5, 5.41) is 8.29. The van der Waals surface area contributed by atoms with Crippen LogP contribution in [0.25, 0.3) is 77.4 Å². The molecule has 264 valence electrons. The van der Waals surface area contributed by atoms with E-state index >= 15 is 0 Å². The van der Waals surface area contributed by atoms with E-state index in [-0.39, 0.29) is 6.04 Å². The first-order chi connectivity index (χ1) is 27.7. The summed E-state index contributed by atoms with van der Waals surface area (Å²) < 4.78 is 9.08. The van der Waals surface area contributed by atoms with Gasteiger partial charge in [0.05, 0.1) is 22.8 Å². The van der Waals surface area contributed by atoms with Crippen LogP contribution in [-0.2, 0) is 0 Å². The van der Waals surface area contributed by atoms with Gasteiger partial charge in [-0.1, -0.05) is 140 Å². The minimum Gasteiger partial charge on any atom is -0.456 e. The first kappa shape index (κ1) is 32.0. The fourth-order valence-corrected chi connectivity index (χ4v) is 8.27. The molecule has 0 saturated carbocycles. The Morgan fingerprint density at radius 2 is 0.946 bits per heavy atom. The molecule has 56 heavy (non-hydrogen) atoms. The lowest BCUT2D eigenvalue weighted by atomic mass is 10.00. The molecule has 0 spiro atoms. The van der Waals surface area contributed by atoms with Crippen molar-refractivity contribution in [2.24, 2.45) is 4.99 Å². The van der Waals surface area contributed by atoms with Gasteiger partial charge in [-0.3, -0.25) is 0 Å². The van der Waals surface area contributed by atoms with Crippen molar-refractivity contribution in [3.05, 3.63) is 217 Å². The molecular formula is C52H35N3O. The summed E-state index contributed by atoms with van der Waals surface area (Å²) in [6, 6.07) is 68.8. The van der Waals surface area contributed by atoms with Gasteiger partial charge in [-0.15, -0.1) is 0 Å². The Balaban J connectivity index is 1.03. The molecule has 0 fully saturated rings. The number of hydrogen-bond acceptors (Lipinski definition) is 3. The largest absolute Gasteiger partial charge is 0.456 e. The summed E-state index contributed by atoms with van der Waals surface area (Å²) in [5.74, 6) is 0.818. The van der Waals surface area contributed by atoms with Crippen molar-refractivity contribution in [2.45, 2.75) is 6.04 Å². The second-order valence-electron chi connectivity index (χ2n) is 14.4. The van der Waals surface area contributed by atoms with Gasteiger partial charge in [0, 0.05) is 38.9 Å². The van der Waals surface area contributed by atoms with Gasteiger partial charge in [-0.05, 0) is 88.0 Å². The summed E-state index contributed by atoms with van der Waals surface area (Å²) in [6.45, 7) is 0. The monoisotopic (exact) mass is 717 g/mol. The van der Waals surface area contributed by atoms with E-state index in [1.54, 1.807) is 0 Å². The highest BCUT2D eigenvalue weighted by Gasteiger charge is 2.21. The van der Waals surface area contributed by atoms with E-state index in [1.165, 1.54) is 38.6 Å². The summed E-state index contributed by atoms with van der Waals surface area (Å²) in [6.07, 6.45) is 2.20. The average molecular weight is 718 g/mol. The van der Waals surface area contributed by atoms with Crippen molar-refractivity contribution in [1.82, 2.24) is 9.88 Å². The van der Waals surface area contributed by atoms with Gasteiger partial charge in [-0.2, -0.15) is 0 Å². The van der Waals surface area contributed by atoms with Gasteiger partial charge in [-0.25, -0.2) is 4.99 Å². The number of furan rings is 1. The van der Waals surface area contributed by atoms with Crippen molar-refractivity contribution >= 4 is 55.3 Å². The minimum absolute atomic E-state index is 0.0217. The summed E-state index contributed by atoms with van der Waals surface area (Å²) in [5.41, 5.74) is 14.0. The highest BCUT2D eigenvalue weighted by molar-refractivity contribution is 6.13. The normalized spacial score (nSPS) is 14.2. The lowest BCUT2D eigenvalue weighted by molar-refractivity contribution is 0.668. The van der Waals surface area contributed by atoms with Crippen LogP contribution in [0.3, 0.4) is 0 Å². The summed E-state index contributed by atoms with van der Waals surface area (Å²) in [4.78, 5) is 5.14. The van der Waals surface area contributed by atoms with E-state index < -0.39 is 0 Å². The number of benzene rings is 8. The molecule has 4 nitrogen and oxygen atoms in total. The predicted octanol–water partition coefficient (Wildman–Crippen LogP) is 13.1.